The molecule has 2 atom stereocenters. The monoisotopic (exact) mass is 218 g/mol. The first-order valence-electron chi connectivity index (χ1n) is 5.96. The van der Waals surface area contributed by atoms with E-state index in [1.165, 1.54) is 11.1 Å². The molecule has 0 amide bonds. The third-order valence-corrected chi connectivity index (χ3v) is 3.89. The Hall–Kier alpha value is -1.06. The number of methoxy groups -OCH3 is 1. The van der Waals surface area contributed by atoms with Gasteiger partial charge in [-0.1, -0.05) is 6.07 Å². The lowest BCUT2D eigenvalue weighted by Gasteiger charge is -2.33. The summed E-state index contributed by atoms with van der Waals surface area (Å²) in [6.07, 6.45) is 2.24. The summed E-state index contributed by atoms with van der Waals surface area (Å²) < 4.78 is 5.27. The highest BCUT2D eigenvalue weighted by atomic mass is 16.5. The van der Waals surface area contributed by atoms with Crippen LogP contribution in [-0.2, 0) is 6.42 Å². The zero-order valence-electron chi connectivity index (χ0n) is 9.65. The summed E-state index contributed by atoms with van der Waals surface area (Å²) in [4.78, 5) is 2.51. The number of benzene rings is 1. The molecule has 2 unspecified atom stereocenters. The molecule has 1 fully saturated rings. The summed E-state index contributed by atoms with van der Waals surface area (Å²) in [5.41, 5.74) is 9.03. The summed E-state index contributed by atoms with van der Waals surface area (Å²) in [6, 6.07) is 7.14. The predicted molar refractivity (Wildman–Crippen MR) is 63.6 cm³/mol. The fraction of sp³-hybridized carbons (Fsp3) is 0.538. The molecule has 0 bridgehead atoms. The van der Waals surface area contributed by atoms with Crippen LogP contribution in [0, 0.1) is 0 Å². The quantitative estimate of drug-likeness (QED) is 0.772. The van der Waals surface area contributed by atoms with Gasteiger partial charge in [-0.3, -0.25) is 4.90 Å². The molecule has 1 aromatic rings. The Morgan fingerprint density at radius 2 is 2.25 bits per heavy atom. The largest absolute Gasteiger partial charge is 0.497 e. The molecule has 2 heterocycles. The Balaban J connectivity index is 2.02. The van der Waals surface area contributed by atoms with Crippen molar-refractivity contribution in [3.63, 3.8) is 0 Å². The summed E-state index contributed by atoms with van der Waals surface area (Å²) in [5, 5.41) is 0. The number of nitrogens with zero attached hydrogens (tertiary/aromatic N) is 1. The van der Waals surface area contributed by atoms with Crippen LogP contribution in [-0.4, -0.2) is 31.1 Å². The number of ether oxygens (including phenoxy) is 1. The number of nitrogens with two attached hydrogens (primary N) is 1. The van der Waals surface area contributed by atoms with Gasteiger partial charge in [0.1, 0.15) is 5.75 Å². The molecule has 0 radical (unpaired) electrons. The number of rotatable bonds is 1. The second kappa shape index (κ2) is 3.75. The number of hydrogen-bond donors (Lipinski definition) is 1. The van der Waals surface area contributed by atoms with Gasteiger partial charge in [-0.15, -0.1) is 0 Å². The minimum Gasteiger partial charge on any atom is -0.497 e. The van der Waals surface area contributed by atoms with Gasteiger partial charge in [0.25, 0.3) is 0 Å². The van der Waals surface area contributed by atoms with E-state index in [-0.39, 0.29) is 0 Å². The predicted octanol–water partition coefficient (Wildman–Crippen LogP) is 1.33. The van der Waals surface area contributed by atoms with Gasteiger partial charge < -0.3 is 10.5 Å². The highest BCUT2D eigenvalue weighted by Crippen LogP contribution is 2.37. The van der Waals surface area contributed by atoms with Crippen LogP contribution in [0.5, 0.6) is 5.75 Å². The zero-order chi connectivity index (χ0) is 11.1. The fourth-order valence-corrected chi connectivity index (χ4v) is 3.04. The third-order valence-electron chi connectivity index (χ3n) is 3.89. The van der Waals surface area contributed by atoms with Crippen molar-refractivity contribution in [3.8, 4) is 5.75 Å². The van der Waals surface area contributed by atoms with E-state index in [2.05, 4.69) is 17.0 Å². The van der Waals surface area contributed by atoms with Crippen LogP contribution < -0.4 is 10.5 Å². The molecule has 2 N–H and O–H groups in total. The van der Waals surface area contributed by atoms with Crippen LogP contribution >= 0.6 is 0 Å². The summed E-state index contributed by atoms with van der Waals surface area (Å²) in [7, 11) is 1.72. The molecule has 0 saturated carbocycles. The van der Waals surface area contributed by atoms with E-state index in [1.54, 1.807) is 7.11 Å². The first-order valence-corrected chi connectivity index (χ1v) is 5.96. The Labute approximate surface area is 96.2 Å². The van der Waals surface area contributed by atoms with Crippen LogP contribution in [0.1, 0.15) is 23.6 Å². The Kier molecular flexibility index (Phi) is 2.37. The second-order valence-electron chi connectivity index (χ2n) is 4.75. The third kappa shape index (κ3) is 1.43. The van der Waals surface area contributed by atoms with Crippen LogP contribution in [0.25, 0.3) is 0 Å². The molecule has 0 spiro atoms. The van der Waals surface area contributed by atoms with E-state index in [0.717, 1.165) is 31.7 Å². The normalized spacial score (nSPS) is 28.6. The molecule has 16 heavy (non-hydrogen) atoms. The summed E-state index contributed by atoms with van der Waals surface area (Å²) in [5.74, 6) is 0.957. The standard InChI is InChI=1S/C13H18N2O/c1-16-10-2-3-11-9(8-10)4-6-15-7-5-12(14)13(11)15/h2-3,8,12-13H,4-7,14H2,1H3. The maximum atomic E-state index is 6.20. The molecule has 3 heteroatoms. The zero-order valence-corrected chi connectivity index (χ0v) is 9.65. The smallest absolute Gasteiger partial charge is 0.119 e. The first-order chi connectivity index (χ1) is 7.79. The maximum Gasteiger partial charge on any atom is 0.119 e. The van der Waals surface area contributed by atoms with E-state index < -0.39 is 0 Å². The molecule has 3 nitrogen and oxygen atoms in total. The lowest BCUT2D eigenvalue weighted by molar-refractivity contribution is 0.234. The summed E-state index contributed by atoms with van der Waals surface area (Å²) >= 11 is 0. The lowest BCUT2D eigenvalue weighted by atomic mass is 9.91. The minimum absolute atomic E-state index is 0.299. The maximum absolute atomic E-state index is 6.20. The molecule has 2 aliphatic heterocycles. The van der Waals surface area contributed by atoms with Crippen molar-refractivity contribution in [3.05, 3.63) is 29.3 Å². The van der Waals surface area contributed by atoms with Crippen LogP contribution in [0.4, 0.5) is 0 Å². The average molecular weight is 218 g/mol. The van der Waals surface area contributed by atoms with Gasteiger partial charge in [-0.25, -0.2) is 0 Å². The summed E-state index contributed by atoms with van der Waals surface area (Å²) in [6.45, 7) is 2.29. The van der Waals surface area contributed by atoms with Gasteiger partial charge in [0.2, 0.25) is 0 Å². The van der Waals surface area contributed by atoms with Crippen molar-refractivity contribution in [2.45, 2.75) is 24.9 Å². The van der Waals surface area contributed by atoms with Gasteiger partial charge in [0.15, 0.2) is 0 Å². The Bertz CT molecular complexity index is 405. The van der Waals surface area contributed by atoms with Crippen LogP contribution in [0.15, 0.2) is 18.2 Å². The Morgan fingerprint density at radius 1 is 1.38 bits per heavy atom. The topological polar surface area (TPSA) is 38.5 Å². The second-order valence-corrected chi connectivity index (χ2v) is 4.75. The molecule has 1 aromatic carbocycles. The van der Waals surface area contributed by atoms with Crippen molar-refractivity contribution in [1.82, 2.24) is 4.90 Å². The molecular formula is C13H18N2O. The molecule has 3 rings (SSSR count). The van der Waals surface area contributed by atoms with E-state index >= 15 is 0 Å². The fourth-order valence-electron chi connectivity index (χ4n) is 3.04. The SMILES string of the molecule is COc1ccc2c(c1)CCN1CCC(N)C21. The lowest BCUT2D eigenvalue weighted by Crippen LogP contribution is -2.37. The minimum atomic E-state index is 0.299. The van der Waals surface area contributed by atoms with E-state index in [9.17, 15) is 0 Å². The molecule has 2 aliphatic rings. The van der Waals surface area contributed by atoms with E-state index in [0.29, 0.717) is 12.1 Å². The molecular weight excluding hydrogens is 200 g/mol. The number of hydrogen-bond acceptors (Lipinski definition) is 3. The van der Waals surface area contributed by atoms with Gasteiger partial charge in [-0.05, 0) is 36.1 Å². The first kappa shape index (κ1) is 10.1. The van der Waals surface area contributed by atoms with E-state index in [4.69, 9.17) is 10.5 Å². The Morgan fingerprint density at radius 3 is 3.06 bits per heavy atom. The highest BCUT2D eigenvalue weighted by molar-refractivity contribution is 5.40. The van der Waals surface area contributed by atoms with Crippen molar-refractivity contribution in [2.24, 2.45) is 5.73 Å². The van der Waals surface area contributed by atoms with Gasteiger partial charge in [0, 0.05) is 19.1 Å². The molecule has 86 valence electrons. The highest BCUT2D eigenvalue weighted by Gasteiger charge is 2.36. The van der Waals surface area contributed by atoms with Crippen molar-refractivity contribution >= 4 is 0 Å². The van der Waals surface area contributed by atoms with E-state index in [1.807, 2.05) is 6.07 Å². The molecule has 0 aliphatic carbocycles. The van der Waals surface area contributed by atoms with Gasteiger partial charge in [0.05, 0.1) is 13.2 Å². The van der Waals surface area contributed by atoms with Crippen LogP contribution in [0.3, 0.4) is 0 Å². The van der Waals surface area contributed by atoms with Gasteiger partial charge in [-0.2, -0.15) is 0 Å². The average Bonchev–Trinajstić information content (AvgIpc) is 2.70. The van der Waals surface area contributed by atoms with Crippen molar-refractivity contribution < 1.29 is 4.74 Å². The molecule has 0 aromatic heterocycles. The van der Waals surface area contributed by atoms with Crippen molar-refractivity contribution in [2.75, 3.05) is 20.2 Å². The number of fused-ring (bicyclic) bond motifs is 3. The van der Waals surface area contributed by atoms with Crippen LogP contribution in [0.2, 0.25) is 0 Å². The van der Waals surface area contributed by atoms with Crippen molar-refractivity contribution in [1.29, 1.82) is 0 Å². The van der Waals surface area contributed by atoms with Gasteiger partial charge >= 0.3 is 0 Å². The molecule has 1 saturated heterocycles.